The Morgan fingerprint density at radius 2 is 1.67 bits per heavy atom. The molecule has 0 radical (unpaired) electrons. The Hall–Kier alpha value is -2.67. The molecular weight excluding hydrogens is 400 g/mol. The molecule has 1 heterocycles. The highest BCUT2D eigenvalue weighted by atomic mass is 32.1. The number of thiophene rings is 1. The van der Waals surface area contributed by atoms with Crippen molar-refractivity contribution in [3.63, 3.8) is 0 Å². The molecular formula is C23H28N2O4S. The number of ether oxygens (including phenoxy) is 1. The molecule has 6 nitrogen and oxygen atoms in total. The van der Waals surface area contributed by atoms with Gasteiger partial charge in [0.05, 0.1) is 6.54 Å². The van der Waals surface area contributed by atoms with Gasteiger partial charge in [-0.05, 0) is 69.2 Å². The zero-order valence-electron chi connectivity index (χ0n) is 17.7. The number of anilines is 1. The van der Waals surface area contributed by atoms with Gasteiger partial charge in [-0.3, -0.25) is 9.59 Å². The number of rotatable bonds is 6. The van der Waals surface area contributed by atoms with Crippen LogP contribution in [0.15, 0.2) is 18.2 Å². The molecule has 1 aliphatic carbocycles. The Bertz CT molecular complexity index is 918. The second-order valence-corrected chi connectivity index (χ2v) is 8.93. The van der Waals surface area contributed by atoms with Crippen molar-refractivity contribution in [2.24, 2.45) is 0 Å². The minimum Gasteiger partial charge on any atom is -0.451 e. The third kappa shape index (κ3) is 5.69. The Balaban J connectivity index is 1.45. The van der Waals surface area contributed by atoms with E-state index in [1.807, 2.05) is 39.0 Å². The lowest BCUT2D eigenvalue weighted by Gasteiger charge is -2.13. The van der Waals surface area contributed by atoms with E-state index in [9.17, 15) is 14.4 Å². The molecule has 2 amide bonds. The molecule has 2 N–H and O–H groups in total. The van der Waals surface area contributed by atoms with Crippen LogP contribution in [0.3, 0.4) is 0 Å². The molecule has 30 heavy (non-hydrogen) atoms. The molecule has 7 heteroatoms. The van der Waals surface area contributed by atoms with E-state index in [4.69, 9.17) is 4.74 Å². The zero-order chi connectivity index (χ0) is 21.7. The van der Waals surface area contributed by atoms with Gasteiger partial charge < -0.3 is 15.4 Å². The van der Waals surface area contributed by atoms with E-state index in [1.165, 1.54) is 28.2 Å². The van der Waals surface area contributed by atoms with Crippen molar-refractivity contribution in [1.29, 1.82) is 0 Å². The Labute approximate surface area is 181 Å². The van der Waals surface area contributed by atoms with Crippen molar-refractivity contribution in [2.75, 3.05) is 18.5 Å². The predicted molar refractivity (Wildman–Crippen MR) is 118 cm³/mol. The van der Waals surface area contributed by atoms with Crippen molar-refractivity contribution in [2.45, 2.75) is 52.9 Å². The van der Waals surface area contributed by atoms with Crippen molar-refractivity contribution < 1.29 is 19.1 Å². The summed E-state index contributed by atoms with van der Waals surface area (Å²) >= 11 is 1.46. The fraction of sp³-hybridized carbons (Fsp3) is 0.435. The SMILES string of the molecule is Cc1cc(C)c(NC(=O)CNC(=O)COC(=O)c2cc3c(s2)CCCCC3)c(C)c1. The summed E-state index contributed by atoms with van der Waals surface area (Å²) in [5, 5.41) is 5.32. The zero-order valence-corrected chi connectivity index (χ0v) is 18.5. The topological polar surface area (TPSA) is 84.5 Å². The van der Waals surface area contributed by atoms with Crippen LogP contribution in [-0.2, 0) is 27.2 Å². The normalized spacial score (nSPS) is 13.2. The van der Waals surface area contributed by atoms with Gasteiger partial charge in [0.2, 0.25) is 5.91 Å². The summed E-state index contributed by atoms with van der Waals surface area (Å²) in [5.74, 6) is -1.32. The predicted octanol–water partition coefficient (Wildman–Crippen LogP) is 3.85. The number of benzene rings is 1. The summed E-state index contributed by atoms with van der Waals surface area (Å²) in [5.41, 5.74) is 5.04. The van der Waals surface area contributed by atoms with Crippen LogP contribution >= 0.6 is 11.3 Å². The van der Waals surface area contributed by atoms with Gasteiger partial charge in [-0.15, -0.1) is 11.3 Å². The fourth-order valence-corrected chi connectivity index (χ4v) is 4.91. The Morgan fingerprint density at radius 3 is 2.40 bits per heavy atom. The first kappa shape index (κ1) is 22.0. The molecule has 0 atom stereocenters. The summed E-state index contributed by atoms with van der Waals surface area (Å²) in [6.07, 6.45) is 5.51. The van der Waals surface area contributed by atoms with Crippen LogP contribution in [0.25, 0.3) is 0 Å². The van der Waals surface area contributed by atoms with E-state index in [0.29, 0.717) is 4.88 Å². The Kier molecular flexibility index (Phi) is 7.26. The quantitative estimate of drug-likeness (QED) is 0.541. The number of fused-ring (bicyclic) bond motifs is 1. The number of carbonyl (C=O) groups is 3. The van der Waals surface area contributed by atoms with E-state index < -0.39 is 18.5 Å². The van der Waals surface area contributed by atoms with Gasteiger partial charge in [0.1, 0.15) is 4.88 Å². The van der Waals surface area contributed by atoms with E-state index in [0.717, 1.165) is 48.1 Å². The van der Waals surface area contributed by atoms with Crippen LogP contribution in [-0.4, -0.2) is 30.9 Å². The smallest absolute Gasteiger partial charge is 0.348 e. The van der Waals surface area contributed by atoms with Gasteiger partial charge in [0.25, 0.3) is 5.91 Å². The first-order valence-electron chi connectivity index (χ1n) is 10.3. The number of carbonyl (C=O) groups excluding carboxylic acids is 3. The molecule has 2 aromatic rings. The monoisotopic (exact) mass is 428 g/mol. The number of amides is 2. The van der Waals surface area contributed by atoms with Crippen molar-refractivity contribution in [3.05, 3.63) is 50.2 Å². The van der Waals surface area contributed by atoms with Crippen LogP contribution < -0.4 is 10.6 Å². The number of aryl methyl sites for hydroxylation is 5. The van der Waals surface area contributed by atoms with E-state index in [2.05, 4.69) is 10.6 Å². The molecule has 160 valence electrons. The minimum atomic E-state index is -0.506. The first-order chi connectivity index (χ1) is 14.3. The molecule has 0 saturated carbocycles. The van der Waals surface area contributed by atoms with Gasteiger partial charge in [-0.25, -0.2) is 4.79 Å². The molecule has 0 spiro atoms. The largest absolute Gasteiger partial charge is 0.451 e. The average molecular weight is 429 g/mol. The summed E-state index contributed by atoms with van der Waals surface area (Å²) < 4.78 is 5.13. The van der Waals surface area contributed by atoms with Gasteiger partial charge in [-0.1, -0.05) is 24.1 Å². The van der Waals surface area contributed by atoms with Crippen LogP contribution in [0.5, 0.6) is 0 Å². The maximum absolute atomic E-state index is 12.3. The number of hydrogen-bond acceptors (Lipinski definition) is 5. The molecule has 3 rings (SSSR count). The summed E-state index contributed by atoms with van der Waals surface area (Å²) in [6.45, 7) is 5.27. The standard InChI is InChI=1S/C23H28N2O4S/c1-14-9-15(2)22(16(3)10-14)25-20(26)12-24-21(27)13-29-23(28)19-11-17-7-5-4-6-8-18(17)30-19/h9-11H,4-8,12-13H2,1-3H3,(H,24,27)(H,25,26). The summed E-state index contributed by atoms with van der Waals surface area (Å²) in [6, 6.07) is 5.88. The van der Waals surface area contributed by atoms with Crippen LogP contribution in [0.1, 0.15) is 56.1 Å². The summed E-state index contributed by atoms with van der Waals surface area (Å²) in [4.78, 5) is 38.2. The molecule has 1 aliphatic rings. The third-order valence-electron chi connectivity index (χ3n) is 5.17. The third-order valence-corrected chi connectivity index (χ3v) is 6.39. The molecule has 0 fully saturated rings. The van der Waals surface area contributed by atoms with Gasteiger partial charge >= 0.3 is 5.97 Å². The minimum absolute atomic E-state index is 0.184. The van der Waals surface area contributed by atoms with Crippen molar-refractivity contribution >= 4 is 34.8 Å². The molecule has 0 bridgehead atoms. The van der Waals surface area contributed by atoms with E-state index in [-0.39, 0.29) is 12.5 Å². The maximum Gasteiger partial charge on any atom is 0.348 e. The molecule has 0 aliphatic heterocycles. The van der Waals surface area contributed by atoms with Gasteiger partial charge in [0.15, 0.2) is 6.61 Å². The lowest BCUT2D eigenvalue weighted by atomic mass is 10.1. The van der Waals surface area contributed by atoms with Gasteiger partial charge in [-0.2, -0.15) is 0 Å². The Morgan fingerprint density at radius 1 is 0.967 bits per heavy atom. The number of esters is 1. The molecule has 1 aromatic carbocycles. The lowest BCUT2D eigenvalue weighted by molar-refractivity contribution is -0.126. The van der Waals surface area contributed by atoms with Crippen molar-refractivity contribution in [3.8, 4) is 0 Å². The van der Waals surface area contributed by atoms with Crippen LogP contribution in [0.4, 0.5) is 5.69 Å². The maximum atomic E-state index is 12.3. The summed E-state index contributed by atoms with van der Waals surface area (Å²) in [7, 11) is 0. The number of hydrogen-bond donors (Lipinski definition) is 2. The second-order valence-electron chi connectivity index (χ2n) is 7.79. The highest BCUT2D eigenvalue weighted by Gasteiger charge is 2.18. The second kappa shape index (κ2) is 9.89. The highest BCUT2D eigenvalue weighted by Crippen LogP contribution is 2.29. The van der Waals surface area contributed by atoms with Gasteiger partial charge in [0, 0.05) is 10.6 Å². The highest BCUT2D eigenvalue weighted by molar-refractivity contribution is 7.14. The average Bonchev–Trinajstić information content (AvgIpc) is 2.98. The molecule has 0 unspecified atom stereocenters. The lowest BCUT2D eigenvalue weighted by Crippen LogP contribution is -2.35. The fourth-order valence-electron chi connectivity index (χ4n) is 3.76. The number of nitrogens with one attached hydrogen (secondary N) is 2. The van der Waals surface area contributed by atoms with Crippen LogP contribution in [0, 0.1) is 20.8 Å². The van der Waals surface area contributed by atoms with E-state index in [1.54, 1.807) is 0 Å². The molecule has 0 saturated heterocycles. The first-order valence-corrected chi connectivity index (χ1v) is 11.1. The van der Waals surface area contributed by atoms with Crippen LogP contribution in [0.2, 0.25) is 0 Å². The molecule has 1 aromatic heterocycles. The van der Waals surface area contributed by atoms with E-state index >= 15 is 0 Å². The van der Waals surface area contributed by atoms with Crippen molar-refractivity contribution in [1.82, 2.24) is 5.32 Å².